The van der Waals surface area contributed by atoms with Gasteiger partial charge in [0.15, 0.2) is 0 Å². The van der Waals surface area contributed by atoms with Gasteiger partial charge in [0.25, 0.3) is 0 Å². The topological polar surface area (TPSA) is 42.3 Å². The fourth-order valence-corrected chi connectivity index (χ4v) is 3.00. The molecule has 1 fully saturated rings. The number of benzene rings is 1. The third-order valence-corrected chi connectivity index (χ3v) is 4.46. The van der Waals surface area contributed by atoms with Crippen LogP contribution in [0.3, 0.4) is 0 Å². The van der Waals surface area contributed by atoms with Gasteiger partial charge in [0.05, 0.1) is 6.07 Å². The van der Waals surface area contributed by atoms with Gasteiger partial charge in [-0.3, -0.25) is 9.80 Å². The molecule has 120 valence electrons. The summed E-state index contributed by atoms with van der Waals surface area (Å²) in [6, 6.07) is 11.0. The summed E-state index contributed by atoms with van der Waals surface area (Å²) in [5, 5.41) is 13.0. The summed E-state index contributed by atoms with van der Waals surface area (Å²) in [4.78, 5) is 4.69. The smallest absolute Gasteiger partial charge is 0.123 e. The van der Waals surface area contributed by atoms with Crippen LogP contribution in [0.4, 0.5) is 0 Å². The number of hydrogen-bond donors (Lipinski definition) is 1. The van der Waals surface area contributed by atoms with Crippen LogP contribution in [0.25, 0.3) is 0 Å². The van der Waals surface area contributed by atoms with Gasteiger partial charge in [-0.25, -0.2) is 0 Å². The summed E-state index contributed by atoms with van der Waals surface area (Å²) in [6.07, 6.45) is 1.11. The van der Waals surface area contributed by atoms with Gasteiger partial charge in [-0.2, -0.15) is 5.26 Å². The molecule has 1 unspecified atom stereocenters. The predicted octanol–water partition coefficient (Wildman–Crippen LogP) is 2.39. The van der Waals surface area contributed by atoms with Gasteiger partial charge in [-0.1, -0.05) is 38.1 Å². The second-order valence-electron chi connectivity index (χ2n) is 5.87. The summed E-state index contributed by atoms with van der Waals surface area (Å²) in [5.74, 6) is 0. The van der Waals surface area contributed by atoms with Crippen molar-refractivity contribution in [3.8, 4) is 6.07 Å². The largest absolute Gasteiger partial charge is 0.315 e. The molecule has 0 aliphatic carbocycles. The normalized spacial score (nSPS) is 17.9. The summed E-state index contributed by atoms with van der Waals surface area (Å²) >= 11 is 0. The van der Waals surface area contributed by atoms with Crippen molar-refractivity contribution in [2.75, 3.05) is 39.3 Å². The molecular weight excluding hydrogens is 272 g/mol. The first kappa shape index (κ1) is 17.0. The maximum Gasteiger partial charge on any atom is 0.123 e. The molecule has 1 saturated heterocycles. The summed E-state index contributed by atoms with van der Waals surface area (Å²) in [7, 11) is 0. The van der Waals surface area contributed by atoms with E-state index in [-0.39, 0.29) is 6.04 Å². The highest BCUT2D eigenvalue weighted by Gasteiger charge is 2.20. The van der Waals surface area contributed by atoms with Crippen LogP contribution in [0, 0.1) is 11.3 Å². The minimum absolute atomic E-state index is 0.123. The Bertz CT molecular complexity index is 465. The van der Waals surface area contributed by atoms with E-state index in [0.29, 0.717) is 0 Å². The number of nitrogens with zero attached hydrogens (tertiary/aromatic N) is 3. The van der Waals surface area contributed by atoms with E-state index in [4.69, 9.17) is 0 Å². The summed E-state index contributed by atoms with van der Waals surface area (Å²) < 4.78 is 0. The minimum atomic E-state index is -0.123. The highest BCUT2D eigenvalue weighted by Crippen LogP contribution is 2.21. The van der Waals surface area contributed by atoms with Crippen LogP contribution in [0.5, 0.6) is 0 Å². The van der Waals surface area contributed by atoms with Gasteiger partial charge < -0.3 is 5.32 Å². The van der Waals surface area contributed by atoms with Crippen molar-refractivity contribution in [2.45, 2.75) is 32.9 Å². The zero-order valence-corrected chi connectivity index (χ0v) is 13.9. The average Bonchev–Trinajstić information content (AvgIpc) is 2.84. The van der Waals surface area contributed by atoms with Crippen molar-refractivity contribution >= 4 is 0 Å². The van der Waals surface area contributed by atoms with Crippen molar-refractivity contribution in [1.82, 2.24) is 15.1 Å². The van der Waals surface area contributed by atoms with Crippen molar-refractivity contribution < 1.29 is 0 Å². The van der Waals surface area contributed by atoms with Crippen molar-refractivity contribution in [1.29, 1.82) is 5.26 Å². The fourth-order valence-electron chi connectivity index (χ4n) is 3.00. The molecular formula is C18H28N4. The average molecular weight is 300 g/mol. The fraction of sp³-hybridized carbons (Fsp3) is 0.611. The lowest BCUT2D eigenvalue weighted by atomic mass is 10.0. The van der Waals surface area contributed by atoms with Gasteiger partial charge in [-0.05, 0) is 37.2 Å². The Morgan fingerprint density at radius 2 is 1.91 bits per heavy atom. The molecule has 0 amide bonds. The second-order valence-corrected chi connectivity index (χ2v) is 5.87. The number of hydrogen-bond acceptors (Lipinski definition) is 4. The Morgan fingerprint density at radius 3 is 2.55 bits per heavy atom. The first-order valence-electron chi connectivity index (χ1n) is 8.44. The second kappa shape index (κ2) is 8.89. The van der Waals surface area contributed by atoms with E-state index in [2.05, 4.69) is 59.3 Å². The molecule has 0 radical (unpaired) electrons. The molecule has 1 N–H and O–H groups in total. The van der Waals surface area contributed by atoms with E-state index < -0.39 is 0 Å². The number of rotatable bonds is 6. The van der Waals surface area contributed by atoms with Gasteiger partial charge >= 0.3 is 0 Å². The van der Waals surface area contributed by atoms with Crippen molar-refractivity contribution in [3.05, 3.63) is 35.4 Å². The maximum absolute atomic E-state index is 9.59. The van der Waals surface area contributed by atoms with Gasteiger partial charge in [0.2, 0.25) is 0 Å². The Labute approximate surface area is 134 Å². The monoisotopic (exact) mass is 300 g/mol. The van der Waals surface area contributed by atoms with E-state index in [1.54, 1.807) is 0 Å². The molecule has 22 heavy (non-hydrogen) atoms. The first-order chi connectivity index (χ1) is 10.8. The zero-order chi connectivity index (χ0) is 15.8. The standard InChI is InChI=1S/C18H28N4/c1-3-21(4-2)15-16-6-8-17(9-7-16)18(14-19)22-12-5-10-20-11-13-22/h6-9,18,20H,3-5,10-13,15H2,1-2H3. The Morgan fingerprint density at radius 1 is 1.18 bits per heavy atom. The molecule has 4 heteroatoms. The lowest BCUT2D eigenvalue weighted by molar-refractivity contribution is 0.252. The Balaban J connectivity index is 2.05. The van der Waals surface area contributed by atoms with Crippen molar-refractivity contribution in [2.24, 2.45) is 0 Å². The molecule has 1 aromatic rings. The van der Waals surface area contributed by atoms with Crippen LogP contribution < -0.4 is 5.32 Å². The molecule has 1 heterocycles. The molecule has 0 aromatic heterocycles. The highest BCUT2D eigenvalue weighted by atomic mass is 15.2. The highest BCUT2D eigenvalue weighted by molar-refractivity contribution is 5.28. The molecule has 0 bridgehead atoms. The van der Waals surface area contributed by atoms with Crippen LogP contribution in [-0.4, -0.2) is 49.1 Å². The quantitative estimate of drug-likeness (QED) is 0.876. The van der Waals surface area contributed by atoms with Gasteiger partial charge in [0, 0.05) is 26.2 Å². The Kier molecular flexibility index (Phi) is 6.85. The predicted molar refractivity (Wildman–Crippen MR) is 90.5 cm³/mol. The molecule has 2 rings (SSSR count). The maximum atomic E-state index is 9.59. The van der Waals surface area contributed by atoms with Crippen LogP contribution in [-0.2, 0) is 6.54 Å². The zero-order valence-electron chi connectivity index (χ0n) is 13.9. The first-order valence-corrected chi connectivity index (χ1v) is 8.44. The molecule has 4 nitrogen and oxygen atoms in total. The van der Waals surface area contributed by atoms with Crippen molar-refractivity contribution in [3.63, 3.8) is 0 Å². The van der Waals surface area contributed by atoms with E-state index in [1.807, 2.05) is 0 Å². The third-order valence-electron chi connectivity index (χ3n) is 4.46. The lowest BCUT2D eigenvalue weighted by Gasteiger charge is -2.25. The Hall–Kier alpha value is -1.41. The third kappa shape index (κ3) is 4.54. The molecule has 1 atom stereocenters. The van der Waals surface area contributed by atoms with Gasteiger partial charge in [-0.15, -0.1) is 0 Å². The molecule has 0 saturated carbocycles. The summed E-state index contributed by atoms with van der Waals surface area (Å²) in [5.41, 5.74) is 2.44. The summed E-state index contributed by atoms with van der Waals surface area (Å²) in [6.45, 7) is 11.5. The molecule has 1 aliphatic heterocycles. The lowest BCUT2D eigenvalue weighted by Crippen LogP contribution is -2.31. The van der Waals surface area contributed by atoms with Crippen LogP contribution in [0.2, 0.25) is 0 Å². The van der Waals surface area contributed by atoms with Crippen LogP contribution in [0.15, 0.2) is 24.3 Å². The van der Waals surface area contributed by atoms with E-state index in [9.17, 15) is 5.26 Å². The minimum Gasteiger partial charge on any atom is -0.315 e. The van der Waals surface area contributed by atoms with Crippen LogP contribution in [0.1, 0.15) is 37.4 Å². The molecule has 1 aromatic carbocycles. The molecule has 0 spiro atoms. The number of nitriles is 1. The van der Waals surface area contributed by atoms with E-state index in [0.717, 1.165) is 57.8 Å². The van der Waals surface area contributed by atoms with Gasteiger partial charge in [0.1, 0.15) is 6.04 Å². The van der Waals surface area contributed by atoms with E-state index >= 15 is 0 Å². The molecule has 1 aliphatic rings. The SMILES string of the molecule is CCN(CC)Cc1ccc(C(C#N)N2CCCNCC2)cc1. The number of nitrogens with one attached hydrogen (secondary N) is 1. The van der Waals surface area contributed by atoms with E-state index in [1.165, 1.54) is 5.56 Å². The van der Waals surface area contributed by atoms with Crippen LogP contribution >= 0.6 is 0 Å².